The van der Waals surface area contributed by atoms with Gasteiger partial charge in [-0.05, 0) is 25.2 Å². The molecule has 0 saturated carbocycles. The predicted molar refractivity (Wildman–Crippen MR) is 77.1 cm³/mol. The number of rotatable bonds is 5. The van der Waals surface area contributed by atoms with Crippen molar-refractivity contribution in [3.63, 3.8) is 0 Å². The molecule has 0 aliphatic carbocycles. The third-order valence-electron chi connectivity index (χ3n) is 3.85. The molecule has 1 saturated heterocycles. The number of hydrogen-bond acceptors (Lipinski definition) is 5. The summed E-state index contributed by atoms with van der Waals surface area (Å²) in [5, 5.41) is 1.07. The van der Waals surface area contributed by atoms with Gasteiger partial charge in [0, 0.05) is 37.1 Å². The molecule has 0 amide bonds. The first-order valence-electron chi connectivity index (χ1n) is 7.07. The molecule has 4 nitrogen and oxygen atoms in total. The molecule has 2 rings (SSSR count). The van der Waals surface area contributed by atoms with Crippen molar-refractivity contribution in [2.45, 2.75) is 52.0 Å². The first-order valence-corrected chi connectivity index (χ1v) is 7.85. The lowest BCUT2D eigenvalue weighted by Crippen LogP contribution is -2.46. The zero-order valence-corrected chi connectivity index (χ0v) is 12.2. The Labute approximate surface area is 114 Å². The lowest BCUT2D eigenvalue weighted by atomic mass is 9.89. The highest BCUT2D eigenvalue weighted by Crippen LogP contribution is 2.30. The summed E-state index contributed by atoms with van der Waals surface area (Å²) in [4.78, 5) is 7.03. The average Bonchev–Trinajstić information content (AvgIpc) is 2.87. The standard InChI is InChI=1S/C13H24N4S/c1-3-5-12-15-13(18-16-12)17-7-6-10(4-2)8-11(17)9-14/h10-11H,3-9,14H2,1-2H3. The molecule has 2 unspecified atom stereocenters. The van der Waals surface area contributed by atoms with Crippen LogP contribution in [0.4, 0.5) is 5.13 Å². The van der Waals surface area contributed by atoms with Gasteiger partial charge in [0.2, 0.25) is 5.13 Å². The maximum absolute atomic E-state index is 5.93. The van der Waals surface area contributed by atoms with Crippen LogP contribution in [0.3, 0.4) is 0 Å². The minimum atomic E-state index is 0.450. The number of anilines is 1. The van der Waals surface area contributed by atoms with Crippen LogP contribution in [0.15, 0.2) is 0 Å². The normalized spacial score (nSPS) is 24.5. The fourth-order valence-electron chi connectivity index (χ4n) is 2.67. The van der Waals surface area contributed by atoms with Gasteiger partial charge in [0.15, 0.2) is 0 Å². The second kappa shape index (κ2) is 6.48. The fraction of sp³-hybridized carbons (Fsp3) is 0.846. The molecule has 1 aromatic heterocycles. The lowest BCUT2D eigenvalue weighted by Gasteiger charge is -2.38. The number of aryl methyl sites for hydroxylation is 1. The minimum Gasteiger partial charge on any atom is -0.343 e. The Morgan fingerprint density at radius 1 is 1.44 bits per heavy atom. The van der Waals surface area contributed by atoms with Gasteiger partial charge in [-0.15, -0.1) is 0 Å². The summed E-state index contributed by atoms with van der Waals surface area (Å²) >= 11 is 1.53. The van der Waals surface area contributed by atoms with E-state index >= 15 is 0 Å². The Balaban J connectivity index is 2.06. The van der Waals surface area contributed by atoms with E-state index in [0.29, 0.717) is 6.04 Å². The topological polar surface area (TPSA) is 55.0 Å². The number of aromatic nitrogens is 2. The molecular weight excluding hydrogens is 244 g/mol. The molecule has 0 spiro atoms. The first kappa shape index (κ1) is 13.7. The predicted octanol–water partition coefficient (Wildman–Crippen LogP) is 2.44. The minimum absolute atomic E-state index is 0.450. The maximum Gasteiger partial charge on any atom is 0.205 e. The van der Waals surface area contributed by atoms with Gasteiger partial charge in [0.05, 0.1) is 0 Å². The molecule has 1 aromatic rings. The van der Waals surface area contributed by atoms with E-state index in [9.17, 15) is 0 Å². The Kier molecular flexibility index (Phi) is 4.95. The fourth-order valence-corrected chi connectivity index (χ4v) is 3.48. The van der Waals surface area contributed by atoms with E-state index in [2.05, 4.69) is 28.1 Å². The first-order chi connectivity index (χ1) is 8.78. The molecule has 5 heteroatoms. The zero-order valence-electron chi connectivity index (χ0n) is 11.4. The van der Waals surface area contributed by atoms with E-state index in [1.165, 1.54) is 30.8 Å². The van der Waals surface area contributed by atoms with Crippen molar-refractivity contribution < 1.29 is 0 Å². The van der Waals surface area contributed by atoms with Crippen molar-refractivity contribution in [1.29, 1.82) is 0 Å². The van der Waals surface area contributed by atoms with Crippen molar-refractivity contribution in [2.75, 3.05) is 18.0 Å². The maximum atomic E-state index is 5.93. The Hall–Kier alpha value is -0.680. The molecular formula is C13H24N4S. The Bertz CT molecular complexity index is 366. The lowest BCUT2D eigenvalue weighted by molar-refractivity contribution is 0.335. The van der Waals surface area contributed by atoms with Crippen molar-refractivity contribution in [1.82, 2.24) is 9.36 Å². The van der Waals surface area contributed by atoms with Crippen LogP contribution in [0.1, 0.15) is 45.4 Å². The van der Waals surface area contributed by atoms with Gasteiger partial charge in [-0.1, -0.05) is 20.3 Å². The second-order valence-corrected chi connectivity index (χ2v) is 5.86. The largest absolute Gasteiger partial charge is 0.343 e. The highest BCUT2D eigenvalue weighted by molar-refractivity contribution is 7.09. The van der Waals surface area contributed by atoms with Crippen LogP contribution in [-0.4, -0.2) is 28.5 Å². The summed E-state index contributed by atoms with van der Waals surface area (Å²) in [6.07, 6.45) is 5.82. The summed E-state index contributed by atoms with van der Waals surface area (Å²) in [5.74, 6) is 1.82. The smallest absolute Gasteiger partial charge is 0.205 e. The van der Waals surface area contributed by atoms with Gasteiger partial charge in [0.1, 0.15) is 5.82 Å². The molecule has 2 N–H and O–H groups in total. The van der Waals surface area contributed by atoms with Crippen molar-refractivity contribution in [3.8, 4) is 0 Å². The summed E-state index contributed by atoms with van der Waals surface area (Å²) < 4.78 is 4.44. The zero-order chi connectivity index (χ0) is 13.0. The van der Waals surface area contributed by atoms with E-state index in [1.54, 1.807) is 0 Å². The molecule has 18 heavy (non-hydrogen) atoms. The number of nitrogens with zero attached hydrogens (tertiary/aromatic N) is 3. The van der Waals surface area contributed by atoms with Gasteiger partial charge in [-0.2, -0.15) is 4.37 Å². The van der Waals surface area contributed by atoms with Crippen LogP contribution in [0.25, 0.3) is 0 Å². The molecule has 2 atom stereocenters. The van der Waals surface area contributed by atoms with Crippen molar-refractivity contribution in [2.24, 2.45) is 11.7 Å². The highest BCUT2D eigenvalue weighted by atomic mass is 32.1. The SMILES string of the molecule is CCCc1nsc(N2CCC(CC)CC2CN)n1. The van der Waals surface area contributed by atoms with E-state index in [1.807, 2.05) is 0 Å². The van der Waals surface area contributed by atoms with E-state index in [0.717, 1.165) is 42.8 Å². The highest BCUT2D eigenvalue weighted by Gasteiger charge is 2.28. The van der Waals surface area contributed by atoms with Gasteiger partial charge < -0.3 is 10.6 Å². The molecule has 2 heterocycles. The molecule has 0 radical (unpaired) electrons. The number of piperidine rings is 1. The number of nitrogens with two attached hydrogens (primary N) is 1. The molecule has 1 aliphatic heterocycles. The van der Waals surface area contributed by atoms with Crippen molar-refractivity contribution >= 4 is 16.7 Å². The van der Waals surface area contributed by atoms with Crippen LogP contribution in [0.5, 0.6) is 0 Å². The molecule has 0 bridgehead atoms. The summed E-state index contributed by atoms with van der Waals surface area (Å²) in [6.45, 7) is 6.24. The van der Waals surface area contributed by atoms with E-state index in [4.69, 9.17) is 5.73 Å². The summed E-state index contributed by atoms with van der Waals surface area (Å²) in [7, 11) is 0. The van der Waals surface area contributed by atoms with Crippen LogP contribution < -0.4 is 10.6 Å². The van der Waals surface area contributed by atoms with Gasteiger partial charge in [-0.3, -0.25) is 0 Å². The van der Waals surface area contributed by atoms with E-state index < -0.39 is 0 Å². The number of hydrogen-bond donors (Lipinski definition) is 1. The quantitative estimate of drug-likeness (QED) is 0.891. The monoisotopic (exact) mass is 268 g/mol. The Morgan fingerprint density at radius 2 is 2.28 bits per heavy atom. The average molecular weight is 268 g/mol. The molecule has 102 valence electrons. The molecule has 1 fully saturated rings. The third kappa shape index (κ3) is 3.01. The summed E-state index contributed by atoms with van der Waals surface area (Å²) in [6, 6.07) is 0.450. The van der Waals surface area contributed by atoms with E-state index in [-0.39, 0.29) is 0 Å². The second-order valence-electron chi connectivity index (χ2n) is 5.12. The molecule has 1 aliphatic rings. The van der Waals surface area contributed by atoms with Gasteiger partial charge in [-0.25, -0.2) is 4.98 Å². The van der Waals surface area contributed by atoms with Crippen LogP contribution in [0, 0.1) is 5.92 Å². The third-order valence-corrected chi connectivity index (χ3v) is 4.64. The van der Waals surface area contributed by atoms with Crippen LogP contribution >= 0.6 is 11.5 Å². The van der Waals surface area contributed by atoms with Crippen molar-refractivity contribution in [3.05, 3.63) is 5.82 Å². The molecule has 0 aromatic carbocycles. The van der Waals surface area contributed by atoms with Crippen LogP contribution in [-0.2, 0) is 6.42 Å². The van der Waals surface area contributed by atoms with Crippen LogP contribution in [0.2, 0.25) is 0 Å². The summed E-state index contributed by atoms with van der Waals surface area (Å²) in [5.41, 5.74) is 5.93. The van der Waals surface area contributed by atoms with Gasteiger partial charge >= 0.3 is 0 Å². The van der Waals surface area contributed by atoms with Gasteiger partial charge in [0.25, 0.3) is 0 Å². The Morgan fingerprint density at radius 3 is 2.94 bits per heavy atom.